The predicted octanol–water partition coefficient (Wildman–Crippen LogP) is 3.66. The Bertz CT molecular complexity index is 815. The minimum Gasteiger partial charge on any atom is -0.324 e. The van der Waals surface area contributed by atoms with Crippen molar-refractivity contribution in [2.45, 2.75) is 6.92 Å². The minimum absolute atomic E-state index is 0.340. The zero-order chi connectivity index (χ0) is 14.7. The van der Waals surface area contributed by atoms with Gasteiger partial charge in [0.1, 0.15) is 6.07 Å². The summed E-state index contributed by atoms with van der Waals surface area (Å²) < 4.78 is 0. The van der Waals surface area contributed by atoms with Crippen LogP contribution < -0.4 is 4.90 Å². The number of benzene rings is 2. The van der Waals surface area contributed by atoms with Crippen LogP contribution >= 0.6 is 0 Å². The maximum absolute atomic E-state index is 9.24. The normalized spacial score (nSPS) is 10.3. The smallest absolute Gasteiger partial charge is 0.183 e. The zero-order valence-electron chi connectivity index (χ0n) is 11.7. The third-order valence-electron chi connectivity index (χ3n) is 3.41. The molecule has 3 rings (SSSR count). The van der Waals surface area contributed by atoms with Gasteiger partial charge in [-0.1, -0.05) is 36.4 Å². The van der Waals surface area contributed by atoms with Crippen molar-refractivity contribution < 1.29 is 0 Å². The molecule has 0 bridgehead atoms. The zero-order valence-corrected chi connectivity index (χ0v) is 11.7. The lowest BCUT2D eigenvalue weighted by molar-refractivity contribution is 0.972. The van der Waals surface area contributed by atoms with Crippen LogP contribution in [0.15, 0.2) is 54.9 Å². The molecule has 0 amide bonds. The number of fused-ring (bicyclic) bond motifs is 1. The maximum Gasteiger partial charge on any atom is 0.183 e. The molecule has 0 atom stereocenters. The summed E-state index contributed by atoms with van der Waals surface area (Å²) in [6.45, 7) is 2.75. The standard InChI is InChI=1S/C17H14N4/c1-2-21(17-15(12-18)19-10-11-20-17)16-9-5-7-13-6-3-4-8-14(13)16/h3-11H,2H2,1H3. The molecule has 0 saturated heterocycles. The van der Waals surface area contributed by atoms with Gasteiger partial charge in [-0.2, -0.15) is 5.26 Å². The average Bonchev–Trinajstić information content (AvgIpc) is 2.56. The van der Waals surface area contributed by atoms with E-state index in [1.165, 1.54) is 0 Å². The van der Waals surface area contributed by atoms with E-state index in [1.807, 2.05) is 36.1 Å². The van der Waals surface area contributed by atoms with Crippen molar-refractivity contribution in [3.8, 4) is 6.07 Å². The predicted molar refractivity (Wildman–Crippen MR) is 83.4 cm³/mol. The molecule has 0 aliphatic carbocycles. The number of aromatic nitrogens is 2. The highest BCUT2D eigenvalue weighted by atomic mass is 15.2. The van der Waals surface area contributed by atoms with Gasteiger partial charge in [0.15, 0.2) is 11.5 Å². The number of nitrogens with zero attached hydrogens (tertiary/aromatic N) is 4. The fourth-order valence-corrected chi connectivity index (χ4v) is 2.48. The molecule has 0 unspecified atom stereocenters. The Hall–Kier alpha value is -2.93. The molecule has 0 radical (unpaired) electrons. The Kier molecular flexibility index (Phi) is 3.48. The lowest BCUT2D eigenvalue weighted by Crippen LogP contribution is -2.19. The van der Waals surface area contributed by atoms with Crippen molar-refractivity contribution in [2.75, 3.05) is 11.4 Å². The van der Waals surface area contributed by atoms with Gasteiger partial charge in [-0.25, -0.2) is 9.97 Å². The summed E-state index contributed by atoms with van der Waals surface area (Å²) in [6.07, 6.45) is 3.16. The fraction of sp³-hybridized carbons (Fsp3) is 0.118. The highest BCUT2D eigenvalue weighted by Gasteiger charge is 2.16. The maximum atomic E-state index is 9.24. The summed E-state index contributed by atoms with van der Waals surface area (Å²) >= 11 is 0. The summed E-state index contributed by atoms with van der Waals surface area (Å²) in [6, 6.07) is 16.4. The first-order valence-electron chi connectivity index (χ1n) is 6.81. The van der Waals surface area contributed by atoms with E-state index in [0.29, 0.717) is 18.1 Å². The molecule has 1 aromatic heterocycles. The second-order valence-electron chi connectivity index (χ2n) is 4.58. The van der Waals surface area contributed by atoms with E-state index in [-0.39, 0.29) is 0 Å². The van der Waals surface area contributed by atoms with Gasteiger partial charge in [0.2, 0.25) is 0 Å². The first-order chi connectivity index (χ1) is 10.3. The molecule has 0 aliphatic heterocycles. The summed E-state index contributed by atoms with van der Waals surface area (Å²) in [5.74, 6) is 0.596. The molecule has 0 N–H and O–H groups in total. The Morgan fingerprint density at radius 2 is 1.81 bits per heavy atom. The van der Waals surface area contributed by atoms with Gasteiger partial charge < -0.3 is 4.90 Å². The Labute approximate surface area is 123 Å². The van der Waals surface area contributed by atoms with Crippen molar-refractivity contribution in [1.29, 1.82) is 5.26 Å². The molecule has 3 aromatic rings. The fourth-order valence-electron chi connectivity index (χ4n) is 2.48. The molecule has 0 fully saturated rings. The van der Waals surface area contributed by atoms with Crippen LogP contribution in [0.2, 0.25) is 0 Å². The third-order valence-corrected chi connectivity index (χ3v) is 3.41. The molecule has 2 aromatic carbocycles. The lowest BCUT2D eigenvalue weighted by atomic mass is 10.1. The molecular weight excluding hydrogens is 260 g/mol. The third kappa shape index (κ3) is 2.30. The monoisotopic (exact) mass is 274 g/mol. The van der Waals surface area contributed by atoms with Crippen molar-refractivity contribution >= 4 is 22.3 Å². The summed E-state index contributed by atoms with van der Waals surface area (Å²) in [5.41, 5.74) is 1.37. The number of hydrogen-bond acceptors (Lipinski definition) is 4. The Balaban J connectivity index is 2.22. The molecule has 1 heterocycles. The number of hydrogen-bond donors (Lipinski definition) is 0. The molecule has 0 aliphatic rings. The second kappa shape index (κ2) is 5.59. The Morgan fingerprint density at radius 1 is 1.05 bits per heavy atom. The Morgan fingerprint density at radius 3 is 2.62 bits per heavy atom. The second-order valence-corrected chi connectivity index (χ2v) is 4.58. The van der Waals surface area contributed by atoms with E-state index in [4.69, 9.17) is 0 Å². The van der Waals surface area contributed by atoms with Gasteiger partial charge in [0.05, 0.1) is 5.69 Å². The van der Waals surface area contributed by atoms with Crippen LogP contribution in [0, 0.1) is 11.3 Å². The number of anilines is 2. The van der Waals surface area contributed by atoms with E-state index in [2.05, 4.69) is 34.2 Å². The molecular formula is C17H14N4. The molecule has 21 heavy (non-hydrogen) atoms. The van der Waals surface area contributed by atoms with Crippen LogP contribution in [-0.4, -0.2) is 16.5 Å². The van der Waals surface area contributed by atoms with Crippen LogP contribution in [0.3, 0.4) is 0 Å². The van der Waals surface area contributed by atoms with Crippen LogP contribution in [-0.2, 0) is 0 Å². The number of rotatable bonds is 3. The van der Waals surface area contributed by atoms with Crippen molar-refractivity contribution in [2.24, 2.45) is 0 Å². The van der Waals surface area contributed by atoms with Gasteiger partial charge in [-0.05, 0) is 18.4 Å². The van der Waals surface area contributed by atoms with E-state index in [9.17, 15) is 5.26 Å². The van der Waals surface area contributed by atoms with E-state index in [0.717, 1.165) is 16.5 Å². The van der Waals surface area contributed by atoms with E-state index < -0.39 is 0 Å². The molecule has 4 nitrogen and oxygen atoms in total. The molecule has 0 spiro atoms. The van der Waals surface area contributed by atoms with E-state index in [1.54, 1.807) is 12.4 Å². The molecule has 4 heteroatoms. The van der Waals surface area contributed by atoms with Gasteiger partial charge in [0, 0.05) is 24.3 Å². The minimum atomic E-state index is 0.340. The van der Waals surface area contributed by atoms with Crippen molar-refractivity contribution in [3.63, 3.8) is 0 Å². The molecule has 102 valence electrons. The highest BCUT2D eigenvalue weighted by Crippen LogP contribution is 2.31. The van der Waals surface area contributed by atoms with Crippen LogP contribution in [0.1, 0.15) is 12.6 Å². The first-order valence-corrected chi connectivity index (χ1v) is 6.81. The van der Waals surface area contributed by atoms with Gasteiger partial charge in [-0.15, -0.1) is 0 Å². The summed E-state index contributed by atoms with van der Waals surface area (Å²) in [7, 11) is 0. The van der Waals surface area contributed by atoms with Crippen LogP contribution in [0.5, 0.6) is 0 Å². The largest absolute Gasteiger partial charge is 0.324 e. The lowest BCUT2D eigenvalue weighted by Gasteiger charge is -2.24. The quantitative estimate of drug-likeness (QED) is 0.731. The van der Waals surface area contributed by atoms with Gasteiger partial charge in [0.25, 0.3) is 0 Å². The summed E-state index contributed by atoms with van der Waals surface area (Å²) in [5, 5.41) is 11.5. The van der Waals surface area contributed by atoms with Crippen molar-refractivity contribution in [1.82, 2.24) is 9.97 Å². The average molecular weight is 274 g/mol. The van der Waals surface area contributed by atoms with E-state index >= 15 is 0 Å². The van der Waals surface area contributed by atoms with Crippen molar-refractivity contribution in [3.05, 3.63) is 60.6 Å². The van der Waals surface area contributed by atoms with Gasteiger partial charge in [-0.3, -0.25) is 0 Å². The van der Waals surface area contributed by atoms with Crippen LogP contribution in [0.4, 0.5) is 11.5 Å². The highest BCUT2D eigenvalue weighted by molar-refractivity contribution is 5.96. The topological polar surface area (TPSA) is 52.8 Å². The SMILES string of the molecule is CCN(c1nccnc1C#N)c1cccc2ccccc12. The summed E-state index contributed by atoms with van der Waals surface area (Å²) in [4.78, 5) is 10.5. The van der Waals surface area contributed by atoms with Crippen LogP contribution in [0.25, 0.3) is 10.8 Å². The number of nitriles is 1. The van der Waals surface area contributed by atoms with Gasteiger partial charge >= 0.3 is 0 Å². The first kappa shape index (κ1) is 13.1. The molecule has 0 saturated carbocycles.